The molecule has 0 heterocycles. The molecule has 1 rings (SSSR count). The summed E-state index contributed by atoms with van der Waals surface area (Å²) >= 11 is 5.67. The Hall–Kier alpha value is -1.75. The van der Waals surface area contributed by atoms with Gasteiger partial charge in [-0.2, -0.15) is 0 Å². The van der Waals surface area contributed by atoms with E-state index >= 15 is 0 Å². The molecule has 0 unspecified atom stereocenters. The van der Waals surface area contributed by atoms with Gasteiger partial charge in [0.25, 0.3) is 5.91 Å². The molecule has 0 saturated carbocycles. The van der Waals surface area contributed by atoms with Crippen molar-refractivity contribution in [3.8, 4) is 5.75 Å². The third kappa shape index (κ3) is 4.32. The first-order chi connectivity index (χ1) is 8.00. The molecule has 0 radical (unpaired) electrons. The van der Waals surface area contributed by atoms with Crippen LogP contribution in [0.15, 0.2) is 18.2 Å². The lowest BCUT2D eigenvalue weighted by Crippen LogP contribution is -2.33. The molecule has 0 fully saturated rings. The van der Waals surface area contributed by atoms with E-state index in [0.29, 0.717) is 18.7 Å². The maximum Gasteiger partial charge on any atom is 0.251 e. The molecule has 2 amide bonds. The first-order valence-corrected chi connectivity index (χ1v) is 5.39. The van der Waals surface area contributed by atoms with Crippen molar-refractivity contribution in [3.63, 3.8) is 0 Å². The fourth-order valence-electron chi connectivity index (χ4n) is 1.16. The lowest BCUT2D eigenvalue weighted by atomic mass is 10.2. The minimum atomic E-state index is -0.308. The molecule has 17 heavy (non-hydrogen) atoms. The van der Waals surface area contributed by atoms with Gasteiger partial charge in [0.1, 0.15) is 5.75 Å². The van der Waals surface area contributed by atoms with Gasteiger partial charge in [-0.25, -0.2) is 0 Å². The van der Waals surface area contributed by atoms with Gasteiger partial charge >= 0.3 is 0 Å². The third-order valence-corrected chi connectivity index (χ3v) is 2.30. The maximum atomic E-state index is 11.6. The number of hydrogen-bond acceptors (Lipinski definition) is 3. The predicted molar refractivity (Wildman–Crippen MR) is 64.1 cm³/mol. The number of carbonyl (C=O) groups is 2. The average Bonchev–Trinajstić information content (AvgIpc) is 2.27. The van der Waals surface area contributed by atoms with Crippen LogP contribution in [0.1, 0.15) is 17.3 Å². The number of nitrogens with one attached hydrogen (secondary N) is 2. The topological polar surface area (TPSA) is 78.4 Å². The highest BCUT2D eigenvalue weighted by Crippen LogP contribution is 2.23. The molecule has 0 aliphatic heterocycles. The number of amides is 2. The van der Waals surface area contributed by atoms with Gasteiger partial charge in [-0.15, -0.1) is 0 Å². The number of rotatable bonds is 4. The van der Waals surface area contributed by atoms with Crippen LogP contribution >= 0.6 is 11.6 Å². The van der Waals surface area contributed by atoms with E-state index in [1.807, 2.05) is 0 Å². The summed E-state index contributed by atoms with van der Waals surface area (Å²) in [5.74, 6) is -0.523. The number of phenolic OH excluding ortho intramolecular Hbond substituents is 1. The van der Waals surface area contributed by atoms with E-state index in [-0.39, 0.29) is 22.6 Å². The summed E-state index contributed by atoms with van der Waals surface area (Å²) in [5.41, 5.74) is 0.357. The normalized spacial score (nSPS) is 9.76. The number of hydrogen-bond donors (Lipinski definition) is 3. The van der Waals surface area contributed by atoms with Gasteiger partial charge < -0.3 is 15.7 Å². The predicted octanol–water partition coefficient (Wildman–Crippen LogP) is 0.911. The Balaban J connectivity index is 2.47. The number of aromatic hydroxyl groups is 1. The second-order valence-electron chi connectivity index (χ2n) is 3.41. The van der Waals surface area contributed by atoms with Crippen LogP contribution in [0.3, 0.4) is 0 Å². The fourth-order valence-corrected chi connectivity index (χ4v) is 1.35. The quantitative estimate of drug-likeness (QED) is 0.701. The molecule has 3 N–H and O–H groups in total. The van der Waals surface area contributed by atoms with Crippen LogP contribution in [0, 0.1) is 0 Å². The van der Waals surface area contributed by atoms with Crippen molar-refractivity contribution in [1.82, 2.24) is 10.6 Å². The summed E-state index contributed by atoms with van der Waals surface area (Å²) in [4.78, 5) is 22.2. The summed E-state index contributed by atoms with van der Waals surface area (Å²) in [6.45, 7) is 2.10. The van der Waals surface area contributed by atoms with E-state index in [0.717, 1.165) is 0 Å². The Morgan fingerprint density at radius 3 is 2.53 bits per heavy atom. The standard InChI is InChI=1S/C11H13ClN2O3/c1-7(15)13-4-5-14-11(17)8-2-3-10(16)9(12)6-8/h2-3,6,16H,4-5H2,1H3,(H,13,15)(H,14,17). The Morgan fingerprint density at radius 2 is 1.94 bits per heavy atom. The van der Waals surface area contributed by atoms with Gasteiger partial charge in [0, 0.05) is 25.6 Å². The van der Waals surface area contributed by atoms with Gasteiger partial charge in [-0.05, 0) is 18.2 Å². The molecule has 0 aliphatic rings. The Kier molecular flexibility index (Phi) is 4.78. The molecular weight excluding hydrogens is 244 g/mol. The van der Waals surface area contributed by atoms with Crippen LogP contribution in [-0.4, -0.2) is 30.0 Å². The second kappa shape index (κ2) is 6.10. The van der Waals surface area contributed by atoms with Crippen molar-refractivity contribution < 1.29 is 14.7 Å². The largest absolute Gasteiger partial charge is 0.506 e. The highest BCUT2D eigenvalue weighted by atomic mass is 35.5. The molecule has 5 nitrogen and oxygen atoms in total. The minimum Gasteiger partial charge on any atom is -0.506 e. The summed E-state index contributed by atoms with van der Waals surface area (Å²) in [5, 5.41) is 14.5. The average molecular weight is 257 g/mol. The molecule has 6 heteroatoms. The first-order valence-electron chi connectivity index (χ1n) is 5.02. The molecular formula is C11H13ClN2O3. The molecule has 0 spiro atoms. The van der Waals surface area contributed by atoms with Crippen LogP contribution in [0.2, 0.25) is 5.02 Å². The molecule has 0 aromatic heterocycles. The third-order valence-electron chi connectivity index (χ3n) is 1.99. The molecule has 0 saturated heterocycles. The van der Waals surface area contributed by atoms with E-state index in [9.17, 15) is 14.7 Å². The highest BCUT2D eigenvalue weighted by Gasteiger charge is 2.07. The first kappa shape index (κ1) is 13.3. The lowest BCUT2D eigenvalue weighted by molar-refractivity contribution is -0.118. The Bertz CT molecular complexity index is 435. The van der Waals surface area contributed by atoms with Crippen LogP contribution < -0.4 is 10.6 Å². The van der Waals surface area contributed by atoms with Crippen molar-refractivity contribution in [2.75, 3.05) is 13.1 Å². The molecule has 0 atom stereocenters. The van der Waals surface area contributed by atoms with Gasteiger partial charge in [0.2, 0.25) is 5.91 Å². The number of benzene rings is 1. The van der Waals surface area contributed by atoms with Crippen molar-refractivity contribution in [2.24, 2.45) is 0 Å². The summed E-state index contributed by atoms with van der Waals surface area (Å²) in [6, 6.07) is 4.20. The van der Waals surface area contributed by atoms with Crippen LogP contribution in [0.5, 0.6) is 5.75 Å². The fraction of sp³-hybridized carbons (Fsp3) is 0.273. The zero-order valence-corrected chi connectivity index (χ0v) is 10.0. The maximum absolute atomic E-state index is 11.6. The SMILES string of the molecule is CC(=O)NCCNC(=O)c1ccc(O)c(Cl)c1. The van der Waals surface area contributed by atoms with Gasteiger partial charge in [0.15, 0.2) is 0 Å². The summed E-state index contributed by atoms with van der Waals surface area (Å²) in [7, 11) is 0. The molecule has 1 aromatic rings. The second-order valence-corrected chi connectivity index (χ2v) is 3.81. The van der Waals surface area contributed by atoms with Crippen LogP contribution in [0.4, 0.5) is 0 Å². The smallest absolute Gasteiger partial charge is 0.251 e. The molecule has 0 bridgehead atoms. The lowest BCUT2D eigenvalue weighted by Gasteiger charge is -2.06. The van der Waals surface area contributed by atoms with Crippen LogP contribution in [-0.2, 0) is 4.79 Å². The Labute approximate surface area is 104 Å². The van der Waals surface area contributed by atoms with E-state index in [1.54, 1.807) is 0 Å². The van der Waals surface area contributed by atoms with Gasteiger partial charge in [0.05, 0.1) is 5.02 Å². The highest BCUT2D eigenvalue weighted by molar-refractivity contribution is 6.32. The summed E-state index contributed by atoms with van der Waals surface area (Å²) in [6.07, 6.45) is 0. The van der Waals surface area contributed by atoms with E-state index in [1.165, 1.54) is 25.1 Å². The zero-order valence-electron chi connectivity index (χ0n) is 9.29. The van der Waals surface area contributed by atoms with Crippen molar-refractivity contribution >= 4 is 23.4 Å². The number of carbonyl (C=O) groups excluding carboxylic acids is 2. The number of halogens is 1. The van der Waals surface area contributed by atoms with E-state index in [4.69, 9.17) is 11.6 Å². The van der Waals surface area contributed by atoms with Crippen molar-refractivity contribution in [2.45, 2.75) is 6.92 Å². The zero-order chi connectivity index (χ0) is 12.8. The van der Waals surface area contributed by atoms with E-state index in [2.05, 4.69) is 10.6 Å². The number of phenols is 1. The van der Waals surface area contributed by atoms with Crippen molar-refractivity contribution in [3.05, 3.63) is 28.8 Å². The van der Waals surface area contributed by atoms with Crippen LogP contribution in [0.25, 0.3) is 0 Å². The van der Waals surface area contributed by atoms with Gasteiger partial charge in [-0.3, -0.25) is 9.59 Å². The molecule has 1 aromatic carbocycles. The Morgan fingerprint density at radius 1 is 1.29 bits per heavy atom. The molecule has 0 aliphatic carbocycles. The van der Waals surface area contributed by atoms with E-state index < -0.39 is 0 Å². The van der Waals surface area contributed by atoms with Gasteiger partial charge in [-0.1, -0.05) is 11.6 Å². The summed E-state index contributed by atoms with van der Waals surface area (Å²) < 4.78 is 0. The molecule has 92 valence electrons. The monoisotopic (exact) mass is 256 g/mol. The van der Waals surface area contributed by atoms with Crippen molar-refractivity contribution in [1.29, 1.82) is 0 Å². The minimum absolute atomic E-state index is 0.0681.